The van der Waals surface area contributed by atoms with Gasteiger partial charge in [0.15, 0.2) is 0 Å². The van der Waals surface area contributed by atoms with Crippen LogP contribution in [0.1, 0.15) is 12.5 Å². The zero-order chi connectivity index (χ0) is 11.0. The van der Waals surface area contributed by atoms with Gasteiger partial charge in [0.1, 0.15) is 0 Å². The maximum atomic E-state index is 5.23. The van der Waals surface area contributed by atoms with Gasteiger partial charge >= 0.3 is 0 Å². The van der Waals surface area contributed by atoms with E-state index >= 15 is 0 Å². The van der Waals surface area contributed by atoms with Crippen LogP contribution in [-0.2, 0) is 17.7 Å². The van der Waals surface area contributed by atoms with E-state index in [1.807, 2.05) is 0 Å². The summed E-state index contributed by atoms with van der Waals surface area (Å²) in [7, 11) is 0. The summed E-state index contributed by atoms with van der Waals surface area (Å²) < 4.78 is 7.59. The molecule has 1 saturated heterocycles. The molecule has 0 saturated carbocycles. The lowest BCUT2D eigenvalue weighted by Crippen LogP contribution is -2.31. The molecule has 0 amide bonds. The first-order chi connectivity index (χ1) is 7.86. The van der Waals surface area contributed by atoms with Crippen LogP contribution in [0.5, 0.6) is 0 Å². The number of ether oxygens (including phenoxy) is 1. The monoisotopic (exact) mass is 215 g/mol. The summed E-state index contributed by atoms with van der Waals surface area (Å²) in [5.74, 6) is 0.709. The first-order valence-electron chi connectivity index (χ1n) is 6.02. The van der Waals surface area contributed by atoms with E-state index in [4.69, 9.17) is 4.74 Å². The maximum absolute atomic E-state index is 5.23. The summed E-state index contributed by atoms with van der Waals surface area (Å²) in [5.41, 5.74) is 2.78. The number of nitrogens with zero attached hydrogens (tertiary/aromatic N) is 1. The van der Waals surface area contributed by atoms with Crippen LogP contribution in [0.15, 0.2) is 30.5 Å². The smallest absolute Gasteiger partial charge is 0.0533 e. The third kappa shape index (κ3) is 1.63. The quantitative estimate of drug-likeness (QED) is 0.768. The first-order valence-corrected chi connectivity index (χ1v) is 6.02. The summed E-state index contributed by atoms with van der Waals surface area (Å²) in [5, 5.41) is 1.34. The first kappa shape index (κ1) is 9.91. The minimum absolute atomic E-state index is 0.709. The zero-order valence-corrected chi connectivity index (χ0v) is 9.65. The van der Waals surface area contributed by atoms with Crippen molar-refractivity contribution < 1.29 is 4.74 Å². The highest BCUT2D eigenvalue weighted by Crippen LogP contribution is 2.21. The van der Waals surface area contributed by atoms with Crippen LogP contribution in [0.4, 0.5) is 0 Å². The third-order valence-electron chi connectivity index (χ3n) is 3.41. The fraction of sp³-hybridized carbons (Fsp3) is 0.429. The molecule has 0 bridgehead atoms. The normalized spacial score (nSPS) is 16.6. The van der Waals surface area contributed by atoms with Crippen molar-refractivity contribution in [2.24, 2.45) is 5.92 Å². The fourth-order valence-corrected chi connectivity index (χ4v) is 2.28. The van der Waals surface area contributed by atoms with Crippen LogP contribution in [0.3, 0.4) is 0 Å². The number of fused-ring (bicyclic) bond motifs is 1. The number of hydrogen-bond donors (Lipinski definition) is 0. The van der Waals surface area contributed by atoms with Gasteiger partial charge < -0.3 is 9.30 Å². The molecule has 2 aromatic rings. The zero-order valence-electron chi connectivity index (χ0n) is 9.65. The number of benzene rings is 1. The molecule has 1 aliphatic heterocycles. The molecular weight excluding hydrogens is 198 g/mol. The molecule has 0 aliphatic carbocycles. The molecule has 2 heterocycles. The van der Waals surface area contributed by atoms with Gasteiger partial charge in [-0.25, -0.2) is 0 Å². The van der Waals surface area contributed by atoms with Crippen molar-refractivity contribution >= 4 is 10.9 Å². The Morgan fingerprint density at radius 3 is 2.88 bits per heavy atom. The molecule has 2 heteroatoms. The molecule has 16 heavy (non-hydrogen) atoms. The number of hydrogen-bond acceptors (Lipinski definition) is 1. The number of aromatic nitrogens is 1. The van der Waals surface area contributed by atoms with Crippen LogP contribution in [0.25, 0.3) is 10.9 Å². The Balaban J connectivity index is 1.96. The van der Waals surface area contributed by atoms with Crippen molar-refractivity contribution in [3.8, 4) is 0 Å². The highest BCUT2D eigenvalue weighted by Gasteiger charge is 2.19. The van der Waals surface area contributed by atoms with Crippen molar-refractivity contribution in [3.05, 3.63) is 36.0 Å². The van der Waals surface area contributed by atoms with E-state index in [1.165, 1.54) is 16.5 Å². The molecule has 0 unspecified atom stereocenters. The van der Waals surface area contributed by atoms with Gasteiger partial charge in [-0.15, -0.1) is 0 Å². The van der Waals surface area contributed by atoms with Gasteiger partial charge in [-0.1, -0.05) is 19.1 Å². The number of rotatable bonds is 3. The van der Waals surface area contributed by atoms with E-state index in [-0.39, 0.29) is 0 Å². The minimum Gasteiger partial charge on any atom is -0.381 e. The highest BCUT2D eigenvalue weighted by atomic mass is 16.5. The van der Waals surface area contributed by atoms with Gasteiger partial charge in [-0.05, 0) is 29.5 Å². The second-order valence-corrected chi connectivity index (χ2v) is 4.62. The van der Waals surface area contributed by atoms with Crippen molar-refractivity contribution in [1.82, 2.24) is 4.57 Å². The van der Waals surface area contributed by atoms with Gasteiger partial charge in [0, 0.05) is 24.2 Å². The summed E-state index contributed by atoms with van der Waals surface area (Å²) in [6.07, 6.45) is 3.30. The fourth-order valence-electron chi connectivity index (χ4n) is 2.28. The van der Waals surface area contributed by atoms with Crippen LogP contribution in [0.2, 0.25) is 0 Å². The number of aryl methyl sites for hydroxylation is 1. The third-order valence-corrected chi connectivity index (χ3v) is 3.41. The van der Waals surface area contributed by atoms with Gasteiger partial charge in [-0.3, -0.25) is 0 Å². The Morgan fingerprint density at radius 1 is 1.31 bits per heavy atom. The lowest BCUT2D eigenvalue weighted by Gasteiger charge is -2.26. The molecule has 3 rings (SSSR count). The summed E-state index contributed by atoms with van der Waals surface area (Å²) in [6, 6.07) is 8.96. The van der Waals surface area contributed by atoms with Crippen molar-refractivity contribution in [1.29, 1.82) is 0 Å². The topological polar surface area (TPSA) is 14.2 Å². The van der Waals surface area contributed by atoms with E-state index in [1.54, 1.807) is 0 Å². The molecule has 1 aliphatic rings. The van der Waals surface area contributed by atoms with Gasteiger partial charge in [-0.2, -0.15) is 0 Å². The largest absolute Gasteiger partial charge is 0.381 e. The molecule has 0 atom stereocenters. The minimum atomic E-state index is 0.709. The van der Waals surface area contributed by atoms with Gasteiger partial charge in [0.25, 0.3) is 0 Å². The molecule has 84 valence electrons. The molecule has 1 aromatic heterocycles. The average Bonchev–Trinajstić information content (AvgIpc) is 2.65. The maximum Gasteiger partial charge on any atom is 0.0533 e. The van der Waals surface area contributed by atoms with Gasteiger partial charge in [0.05, 0.1) is 13.2 Å². The molecule has 2 nitrogen and oxygen atoms in total. The predicted octanol–water partition coefficient (Wildman–Crippen LogP) is 2.85. The summed E-state index contributed by atoms with van der Waals surface area (Å²) >= 11 is 0. The second-order valence-electron chi connectivity index (χ2n) is 4.62. The van der Waals surface area contributed by atoms with Gasteiger partial charge in [0.2, 0.25) is 0 Å². The molecular formula is C14H17NO. The lowest BCUT2D eigenvalue weighted by atomic mass is 10.1. The highest BCUT2D eigenvalue weighted by molar-refractivity contribution is 5.80. The van der Waals surface area contributed by atoms with Crippen LogP contribution in [-0.4, -0.2) is 17.8 Å². The Bertz CT molecular complexity index is 496. The summed E-state index contributed by atoms with van der Waals surface area (Å²) in [6.45, 7) is 5.14. The predicted molar refractivity (Wildman–Crippen MR) is 65.6 cm³/mol. The molecule has 0 N–H and O–H groups in total. The SMILES string of the molecule is CCc1ccc2ccn(CC3COC3)c2c1. The lowest BCUT2D eigenvalue weighted by molar-refractivity contribution is -0.0388. The van der Waals surface area contributed by atoms with Crippen LogP contribution < -0.4 is 0 Å². The second kappa shape index (κ2) is 3.95. The molecule has 1 aromatic carbocycles. The Kier molecular flexibility index (Phi) is 2.44. The van der Waals surface area contributed by atoms with E-state index in [0.29, 0.717) is 5.92 Å². The molecule has 0 radical (unpaired) electrons. The van der Waals surface area contributed by atoms with E-state index in [0.717, 1.165) is 26.2 Å². The Labute approximate surface area is 95.8 Å². The summed E-state index contributed by atoms with van der Waals surface area (Å²) in [4.78, 5) is 0. The van der Waals surface area contributed by atoms with E-state index in [2.05, 4.69) is 42.0 Å². The van der Waals surface area contributed by atoms with E-state index in [9.17, 15) is 0 Å². The van der Waals surface area contributed by atoms with E-state index < -0.39 is 0 Å². The van der Waals surface area contributed by atoms with Crippen LogP contribution in [0, 0.1) is 5.92 Å². The van der Waals surface area contributed by atoms with Crippen molar-refractivity contribution in [2.75, 3.05) is 13.2 Å². The standard InChI is InChI=1S/C14H17NO/c1-2-11-3-4-13-5-6-15(14(13)7-11)8-12-9-16-10-12/h3-7,12H,2,8-10H2,1H3. The average molecular weight is 215 g/mol. The molecule has 1 fully saturated rings. The molecule has 0 spiro atoms. The van der Waals surface area contributed by atoms with Crippen LogP contribution >= 0.6 is 0 Å². The van der Waals surface area contributed by atoms with Crippen molar-refractivity contribution in [3.63, 3.8) is 0 Å². The Hall–Kier alpha value is -1.28. The Morgan fingerprint density at radius 2 is 2.19 bits per heavy atom. The van der Waals surface area contributed by atoms with Crippen molar-refractivity contribution in [2.45, 2.75) is 19.9 Å².